The lowest BCUT2D eigenvalue weighted by Crippen LogP contribution is -2.65. The molecule has 8 atom stereocenters. The van der Waals surface area contributed by atoms with Crippen LogP contribution in [-0.2, 0) is 4.79 Å². The highest BCUT2D eigenvalue weighted by Gasteiger charge is 2.75. The van der Waals surface area contributed by atoms with Gasteiger partial charge in [-0.15, -0.1) is 0 Å². The van der Waals surface area contributed by atoms with E-state index in [2.05, 4.69) is 13.8 Å². The molecule has 4 N–H and O–H groups in total. The lowest BCUT2D eigenvalue weighted by atomic mass is 9.59. The molecule has 0 aromatic heterocycles. The van der Waals surface area contributed by atoms with Gasteiger partial charge < -0.3 is 20.4 Å². The molecule has 4 rings (SSSR count). The number of hydrogen-bond acceptors (Lipinski definition) is 5. The maximum Gasteiger partial charge on any atom is 0.153 e. The zero-order valence-electron chi connectivity index (χ0n) is 15.2. The third-order valence-electron chi connectivity index (χ3n) is 7.93. The van der Waals surface area contributed by atoms with Crippen LogP contribution in [0.25, 0.3) is 0 Å². The summed E-state index contributed by atoms with van der Waals surface area (Å²) >= 11 is 0. The SMILES string of the molecule is CC1=CC23C(=O)[C@@H](C=C(CO)[C@@H](O)[C@]2(O)[C@H]1O)[C@H]1[C@@H](CC3C)C1(C)C. The number of rotatable bonds is 1. The van der Waals surface area contributed by atoms with Gasteiger partial charge in [-0.2, -0.15) is 0 Å². The molecule has 0 radical (unpaired) electrons. The summed E-state index contributed by atoms with van der Waals surface area (Å²) in [5, 5.41) is 43.0. The molecule has 2 fully saturated rings. The third kappa shape index (κ3) is 1.71. The van der Waals surface area contributed by atoms with Crippen molar-refractivity contribution in [3.8, 4) is 0 Å². The van der Waals surface area contributed by atoms with Gasteiger partial charge in [0.2, 0.25) is 0 Å². The molecular formula is C20H28O5. The van der Waals surface area contributed by atoms with Crippen LogP contribution in [0.5, 0.6) is 0 Å². The van der Waals surface area contributed by atoms with Crippen molar-refractivity contribution in [2.75, 3.05) is 6.61 Å². The van der Waals surface area contributed by atoms with E-state index in [0.29, 0.717) is 11.5 Å². The fourth-order valence-corrected chi connectivity index (χ4v) is 6.43. The van der Waals surface area contributed by atoms with Crippen LogP contribution >= 0.6 is 0 Å². The number of ketones is 1. The first-order valence-electron chi connectivity index (χ1n) is 9.18. The molecule has 2 bridgehead atoms. The fourth-order valence-electron chi connectivity index (χ4n) is 6.43. The van der Waals surface area contributed by atoms with E-state index >= 15 is 0 Å². The number of Topliss-reactive ketones (excluding diaryl/α,β-unsaturated/α-hetero) is 1. The zero-order valence-corrected chi connectivity index (χ0v) is 15.2. The summed E-state index contributed by atoms with van der Waals surface area (Å²) < 4.78 is 0. The maximum absolute atomic E-state index is 13.7. The van der Waals surface area contributed by atoms with Crippen molar-refractivity contribution in [2.24, 2.45) is 34.5 Å². The number of carbonyl (C=O) groups excluding carboxylic acids is 1. The lowest BCUT2D eigenvalue weighted by Gasteiger charge is -2.48. The molecule has 1 spiro atoms. The normalized spacial score (nSPS) is 53.2. The Kier molecular flexibility index (Phi) is 3.36. The number of aliphatic hydroxyl groups excluding tert-OH is 3. The Morgan fingerprint density at radius 3 is 2.48 bits per heavy atom. The molecule has 0 aromatic carbocycles. The Hall–Kier alpha value is -1.01. The molecule has 0 saturated heterocycles. The van der Waals surface area contributed by atoms with Crippen molar-refractivity contribution in [1.29, 1.82) is 0 Å². The van der Waals surface area contributed by atoms with E-state index < -0.39 is 35.7 Å². The van der Waals surface area contributed by atoms with Crippen LogP contribution in [-0.4, -0.2) is 50.6 Å². The molecule has 0 heterocycles. The Balaban J connectivity index is 1.99. The van der Waals surface area contributed by atoms with Gasteiger partial charge in [-0.05, 0) is 47.7 Å². The molecule has 0 aromatic rings. The second kappa shape index (κ2) is 4.83. The topological polar surface area (TPSA) is 98.0 Å². The Bertz CT molecular complexity index is 707. The van der Waals surface area contributed by atoms with Crippen LogP contribution in [0, 0.1) is 34.5 Å². The molecule has 0 amide bonds. The Morgan fingerprint density at radius 1 is 1.24 bits per heavy atom. The number of aliphatic hydroxyl groups is 4. The van der Waals surface area contributed by atoms with Crippen molar-refractivity contribution in [1.82, 2.24) is 0 Å². The first-order chi connectivity index (χ1) is 11.5. The minimum atomic E-state index is -2.03. The quantitative estimate of drug-likeness (QED) is 0.526. The highest BCUT2D eigenvalue weighted by Crippen LogP contribution is 2.71. The smallest absolute Gasteiger partial charge is 0.153 e. The van der Waals surface area contributed by atoms with E-state index in [1.807, 2.05) is 6.92 Å². The summed E-state index contributed by atoms with van der Waals surface area (Å²) in [6, 6.07) is 0. The Labute approximate surface area is 148 Å². The molecule has 2 saturated carbocycles. The molecule has 4 aliphatic carbocycles. The van der Waals surface area contributed by atoms with Crippen LogP contribution in [0.1, 0.15) is 34.1 Å². The number of fused-ring (bicyclic) bond motifs is 3. The second-order valence-electron chi connectivity index (χ2n) is 9.27. The van der Waals surface area contributed by atoms with Gasteiger partial charge >= 0.3 is 0 Å². The van der Waals surface area contributed by atoms with E-state index in [0.717, 1.165) is 6.42 Å². The van der Waals surface area contributed by atoms with E-state index in [9.17, 15) is 25.2 Å². The van der Waals surface area contributed by atoms with Gasteiger partial charge in [0.1, 0.15) is 17.8 Å². The standard InChI is InChI=1S/C20H28O5/c1-9-7-19-10(2)5-13-14(18(13,3)4)12(17(19)24)6-11(8-21)16(23)20(19,25)15(9)22/h6-7,10,12-16,21-23,25H,5,8H2,1-4H3/t10?,12-,13+,14-,15-,16+,19?,20+/m0/s1. The van der Waals surface area contributed by atoms with Crippen LogP contribution in [0.3, 0.4) is 0 Å². The van der Waals surface area contributed by atoms with Crippen LogP contribution in [0.4, 0.5) is 0 Å². The molecule has 5 nitrogen and oxygen atoms in total. The fraction of sp³-hybridized carbons (Fsp3) is 0.750. The highest BCUT2D eigenvalue weighted by atomic mass is 16.4. The van der Waals surface area contributed by atoms with Gasteiger partial charge in [0.15, 0.2) is 5.78 Å². The highest BCUT2D eigenvalue weighted by molar-refractivity contribution is 5.95. The molecule has 5 heteroatoms. The van der Waals surface area contributed by atoms with Crippen LogP contribution in [0.15, 0.2) is 23.3 Å². The van der Waals surface area contributed by atoms with Gasteiger partial charge in [0.05, 0.1) is 12.0 Å². The summed E-state index contributed by atoms with van der Waals surface area (Å²) in [7, 11) is 0. The van der Waals surface area contributed by atoms with Crippen molar-refractivity contribution >= 4 is 5.78 Å². The van der Waals surface area contributed by atoms with Gasteiger partial charge in [-0.25, -0.2) is 0 Å². The molecule has 4 aliphatic rings. The molecule has 138 valence electrons. The number of carbonyl (C=O) groups is 1. The Morgan fingerprint density at radius 2 is 1.88 bits per heavy atom. The minimum Gasteiger partial charge on any atom is -0.392 e. The average molecular weight is 348 g/mol. The van der Waals surface area contributed by atoms with E-state index in [-0.39, 0.29) is 28.6 Å². The van der Waals surface area contributed by atoms with Gasteiger partial charge in [0, 0.05) is 5.92 Å². The zero-order chi connectivity index (χ0) is 18.5. The van der Waals surface area contributed by atoms with Gasteiger partial charge in [0.25, 0.3) is 0 Å². The average Bonchev–Trinajstić information content (AvgIpc) is 3.05. The summed E-state index contributed by atoms with van der Waals surface area (Å²) in [5.74, 6) is -0.288. The summed E-state index contributed by atoms with van der Waals surface area (Å²) in [4.78, 5) is 13.7. The molecule has 25 heavy (non-hydrogen) atoms. The predicted molar refractivity (Wildman–Crippen MR) is 91.4 cm³/mol. The summed E-state index contributed by atoms with van der Waals surface area (Å²) in [6.07, 6.45) is 1.34. The first-order valence-corrected chi connectivity index (χ1v) is 9.18. The summed E-state index contributed by atoms with van der Waals surface area (Å²) in [6.45, 7) is 7.50. The minimum absolute atomic E-state index is 0.0245. The van der Waals surface area contributed by atoms with Crippen molar-refractivity contribution in [2.45, 2.75) is 51.9 Å². The second-order valence-corrected chi connectivity index (χ2v) is 9.27. The number of allylic oxidation sites excluding steroid dienone is 1. The van der Waals surface area contributed by atoms with E-state index in [4.69, 9.17) is 0 Å². The van der Waals surface area contributed by atoms with E-state index in [1.54, 1.807) is 19.1 Å². The molecule has 2 unspecified atom stereocenters. The van der Waals surface area contributed by atoms with Crippen LogP contribution in [0.2, 0.25) is 0 Å². The summed E-state index contributed by atoms with van der Waals surface area (Å²) in [5.41, 5.74) is -2.58. The van der Waals surface area contributed by atoms with Gasteiger partial charge in [-0.1, -0.05) is 32.9 Å². The van der Waals surface area contributed by atoms with Crippen molar-refractivity contribution < 1.29 is 25.2 Å². The van der Waals surface area contributed by atoms with E-state index in [1.165, 1.54) is 0 Å². The van der Waals surface area contributed by atoms with Gasteiger partial charge in [-0.3, -0.25) is 4.79 Å². The predicted octanol–water partition coefficient (Wildman–Crippen LogP) is 0.815. The largest absolute Gasteiger partial charge is 0.392 e. The van der Waals surface area contributed by atoms with Crippen LogP contribution < -0.4 is 0 Å². The lowest BCUT2D eigenvalue weighted by molar-refractivity contribution is -0.190. The maximum atomic E-state index is 13.7. The monoisotopic (exact) mass is 348 g/mol. The third-order valence-corrected chi connectivity index (χ3v) is 7.93. The molecule has 0 aliphatic heterocycles. The first kappa shape index (κ1) is 17.4. The molecular weight excluding hydrogens is 320 g/mol. The van der Waals surface area contributed by atoms with Crippen molar-refractivity contribution in [3.05, 3.63) is 23.3 Å². The van der Waals surface area contributed by atoms with Crippen molar-refractivity contribution in [3.63, 3.8) is 0 Å². The number of hydrogen-bond donors (Lipinski definition) is 4.